The Balaban J connectivity index is 1.10. The monoisotopic (exact) mass is 802 g/mol. The molecule has 10 rings (SSSR count). The van der Waals surface area contributed by atoms with Gasteiger partial charge in [0.1, 0.15) is 11.5 Å². The van der Waals surface area contributed by atoms with E-state index >= 15 is 0 Å². The molecule has 2 aromatic heterocycles. The molecule has 9 heteroatoms. The standard InChI is InChI=1S/C52H38N2O7/c1-4-34-27(2)28(3)46(55)43(47(34)56)29-16-21-32(22-17-29)53-39-13-7-5-10-36(39)38-26-31(20-25-41(38)53)35-12-9-15-42-45(35)37-11-6-8-14-40(37)54(42)33-23-18-30(19-24-33)44-48(57)50(59)52(61)51(60)49(44)58/h4-26,55-61H,1H2,2-3H3. The summed E-state index contributed by atoms with van der Waals surface area (Å²) in [5.74, 6) is -4.32. The molecule has 0 unspecified atom stereocenters. The number of nitrogens with zero attached hydrogens (tertiary/aromatic N) is 2. The van der Waals surface area contributed by atoms with Crippen molar-refractivity contribution in [2.75, 3.05) is 0 Å². The van der Waals surface area contributed by atoms with Crippen LogP contribution in [0.5, 0.6) is 40.2 Å². The van der Waals surface area contributed by atoms with Gasteiger partial charge in [-0.15, -0.1) is 0 Å². The van der Waals surface area contributed by atoms with Crippen LogP contribution in [0.4, 0.5) is 0 Å². The van der Waals surface area contributed by atoms with Crippen LogP contribution in [0, 0.1) is 13.8 Å². The maximum atomic E-state index is 11.2. The van der Waals surface area contributed by atoms with Gasteiger partial charge in [0.15, 0.2) is 11.5 Å². The van der Waals surface area contributed by atoms with E-state index in [1.54, 1.807) is 18.2 Å². The van der Waals surface area contributed by atoms with Crippen molar-refractivity contribution in [2.24, 2.45) is 0 Å². The van der Waals surface area contributed by atoms with E-state index < -0.39 is 28.7 Å². The van der Waals surface area contributed by atoms with Gasteiger partial charge >= 0.3 is 0 Å². The molecule has 7 N–H and O–H groups in total. The summed E-state index contributed by atoms with van der Waals surface area (Å²) in [7, 11) is 0. The number of phenols is 7. The Kier molecular flexibility index (Phi) is 8.27. The van der Waals surface area contributed by atoms with Gasteiger partial charge in [0, 0.05) is 38.5 Å². The molecule has 10 aromatic rings. The minimum Gasteiger partial charge on any atom is -0.507 e. The summed E-state index contributed by atoms with van der Waals surface area (Å²) in [5.41, 5.74) is 11.0. The fourth-order valence-electron chi connectivity index (χ4n) is 8.98. The normalized spacial score (nSPS) is 11.6. The first-order chi connectivity index (χ1) is 29.5. The molecule has 9 nitrogen and oxygen atoms in total. The van der Waals surface area contributed by atoms with Crippen molar-refractivity contribution in [3.05, 3.63) is 157 Å². The minimum atomic E-state index is -1.01. The van der Waals surface area contributed by atoms with E-state index in [1.165, 1.54) is 0 Å². The first-order valence-electron chi connectivity index (χ1n) is 19.6. The Morgan fingerprint density at radius 2 is 0.885 bits per heavy atom. The van der Waals surface area contributed by atoms with Crippen molar-refractivity contribution in [3.8, 4) is 85.0 Å². The van der Waals surface area contributed by atoms with E-state index in [-0.39, 0.29) is 17.1 Å². The minimum absolute atomic E-state index is 0.000456. The van der Waals surface area contributed by atoms with Crippen molar-refractivity contribution in [2.45, 2.75) is 13.8 Å². The van der Waals surface area contributed by atoms with Crippen LogP contribution in [-0.4, -0.2) is 44.9 Å². The van der Waals surface area contributed by atoms with Crippen LogP contribution in [0.2, 0.25) is 0 Å². The third-order valence-corrected chi connectivity index (χ3v) is 12.1. The van der Waals surface area contributed by atoms with E-state index in [0.717, 1.165) is 71.7 Å². The fraction of sp³-hybridized carbons (Fsp3) is 0.0385. The van der Waals surface area contributed by atoms with Gasteiger partial charge in [-0.05, 0) is 102 Å². The quantitative estimate of drug-likeness (QED) is 0.0653. The Labute approximate surface area is 349 Å². The number of rotatable bonds is 6. The van der Waals surface area contributed by atoms with E-state index in [0.29, 0.717) is 27.8 Å². The molecule has 0 aliphatic rings. The summed E-state index contributed by atoms with van der Waals surface area (Å²) in [6.45, 7) is 7.57. The highest BCUT2D eigenvalue weighted by atomic mass is 16.4. The molecular formula is C52H38N2O7. The second-order valence-corrected chi connectivity index (χ2v) is 15.3. The molecule has 0 fully saturated rings. The van der Waals surface area contributed by atoms with E-state index in [2.05, 4.69) is 70.3 Å². The average molecular weight is 803 g/mol. The molecule has 0 bridgehead atoms. The fourth-order valence-corrected chi connectivity index (χ4v) is 8.98. The number of para-hydroxylation sites is 2. The van der Waals surface area contributed by atoms with Crippen molar-refractivity contribution in [1.29, 1.82) is 0 Å². The third kappa shape index (κ3) is 5.34. The van der Waals surface area contributed by atoms with Gasteiger partial charge in [-0.2, -0.15) is 0 Å². The maximum Gasteiger partial charge on any atom is 0.208 e. The number of hydrogen-bond donors (Lipinski definition) is 7. The predicted octanol–water partition coefficient (Wildman–Crippen LogP) is 12.1. The molecule has 0 radical (unpaired) electrons. The molecule has 0 saturated carbocycles. The number of benzene rings is 8. The number of aromatic hydroxyl groups is 7. The second kappa shape index (κ2) is 13.6. The van der Waals surface area contributed by atoms with Gasteiger partial charge in [0.05, 0.1) is 33.2 Å². The molecule has 8 aromatic carbocycles. The van der Waals surface area contributed by atoms with Gasteiger partial charge in [0.2, 0.25) is 17.2 Å². The van der Waals surface area contributed by atoms with E-state index in [9.17, 15) is 35.7 Å². The zero-order valence-corrected chi connectivity index (χ0v) is 33.0. The highest BCUT2D eigenvalue weighted by Gasteiger charge is 2.25. The molecule has 0 atom stereocenters. The highest BCUT2D eigenvalue weighted by molar-refractivity contribution is 6.17. The first-order valence-corrected chi connectivity index (χ1v) is 19.6. The van der Waals surface area contributed by atoms with Crippen LogP contribution in [0.1, 0.15) is 16.7 Å². The lowest BCUT2D eigenvalue weighted by Crippen LogP contribution is -1.95. The van der Waals surface area contributed by atoms with Gasteiger partial charge in [0.25, 0.3) is 0 Å². The molecule has 0 spiro atoms. The van der Waals surface area contributed by atoms with Gasteiger partial charge in [-0.1, -0.05) is 91.5 Å². The number of phenolic OH excluding ortho intramolecular Hbond substituents is 7. The first kappa shape index (κ1) is 37.0. The Hall–Kier alpha value is -8.30. The molecule has 2 heterocycles. The van der Waals surface area contributed by atoms with Crippen molar-refractivity contribution < 1.29 is 35.7 Å². The summed E-state index contributed by atoms with van der Waals surface area (Å²) in [5, 5.41) is 78.0. The molecule has 61 heavy (non-hydrogen) atoms. The summed E-state index contributed by atoms with van der Waals surface area (Å²) in [6, 6.07) is 44.1. The van der Waals surface area contributed by atoms with E-state index in [1.807, 2.05) is 80.6 Å². The van der Waals surface area contributed by atoms with Crippen LogP contribution in [0.15, 0.2) is 140 Å². The Morgan fingerprint density at radius 3 is 1.49 bits per heavy atom. The van der Waals surface area contributed by atoms with E-state index in [4.69, 9.17) is 0 Å². The Bertz CT molecular complexity index is 3440. The molecule has 0 saturated heterocycles. The molecule has 0 aliphatic carbocycles. The number of aromatic nitrogens is 2. The van der Waals surface area contributed by atoms with Crippen molar-refractivity contribution >= 4 is 49.7 Å². The van der Waals surface area contributed by atoms with Crippen LogP contribution in [-0.2, 0) is 0 Å². The smallest absolute Gasteiger partial charge is 0.208 e. The lowest BCUT2D eigenvalue weighted by molar-refractivity contribution is 0.330. The molecule has 0 aliphatic heterocycles. The number of fused-ring (bicyclic) bond motifs is 6. The maximum absolute atomic E-state index is 11.2. The van der Waals surface area contributed by atoms with Crippen LogP contribution >= 0.6 is 0 Å². The second-order valence-electron chi connectivity index (χ2n) is 15.3. The van der Waals surface area contributed by atoms with Gasteiger partial charge < -0.3 is 44.9 Å². The zero-order valence-electron chi connectivity index (χ0n) is 33.0. The van der Waals surface area contributed by atoms with Crippen LogP contribution in [0.3, 0.4) is 0 Å². The summed E-state index contributed by atoms with van der Waals surface area (Å²) >= 11 is 0. The molecular weight excluding hydrogens is 765 g/mol. The lowest BCUT2D eigenvalue weighted by Gasteiger charge is -2.17. The topological polar surface area (TPSA) is 151 Å². The Morgan fingerprint density at radius 1 is 0.410 bits per heavy atom. The summed E-state index contributed by atoms with van der Waals surface area (Å²) in [6.07, 6.45) is 1.61. The van der Waals surface area contributed by atoms with Crippen molar-refractivity contribution in [3.63, 3.8) is 0 Å². The summed E-state index contributed by atoms with van der Waals surface area (Å²) in [4.78, 5) is 0. The van der Waals surface area contributed by atoms with Crippen molar-refractivity contribution in [1.82, 2.24) is 9.13 Å². The van der Waals surface area contributed by atoms with Gasteiger partial charge in [-0.3, -0.25) is 0 Å². The van der Waals surface area contributed by atoms with Gasteiger partial charge in [-0.25, -0.2) is 0 Å². The third-order valence-electron chi connectivity index (χ3n) is 12.1. The summed E-state index contributed by atoms with van der Waals surface area (Å²) < 4.78 is 4.37. The predicted molar refractivity (Wildman–Crippen MR) is 243 cm³/mol. The molecule has 0 amide bonds. The molecule has 298 valence electrons. The van der Waals surface area contributed by atoms with Crippen LogP contribution < -0.4 is 0 Å². The number of hydrogen-bond acceptors (Lipinski definition) is 7. The van der Waals surface area contributed by atoms with Crippen LogP contribution in [0.25, 0.3) is 94.4 Å². The zero-order chi connectivity index (χ0) is 42.4. The SMILES string of the molecule is C=Cc1c(C)c(C)c(O)c(-c2ccc(-n3c4ccccc4c4cc(-c5cccc6c5c5ccccc5n6-c5ccc(-c6c(O)c(O)c(O)c(O)c6O)cc5)ccc43)cc2)c1O. The highest BCUT2D eigenvalue weighted by Crippen LogP contribution is 2.55. The largest absolute Gasteiger partial charge is 0.507 e. The average Bonchev–Trinajstić information content (AvgIpc) is 3.80. The lowest BCUT2D eigenvalue weighted by atomic mass is 9.92.